The van der Waals surface area contributed by atoms with Gasteiger partial charge in [-0.25, -0.2) is 9.18 Å². The Morgan fingerprint density at radius 3 is 2.48 bits per heavy atom. The summed E-state index contributed by atoms with van der Waals surface area (Å²) in [4.78, 5) is 34.2. The van der Waals surface area contributed by atoms with Gasteiger partial charge < -0.3 is 10.1 Å². The van der Waals surface area contributed by atoms with Gasteiger partial charge in [0.15, 0.2) is 6.10 Å². The number of nitrogens with one attached hydrogen (secondary N) is 1. The highest BCUT2D eigenvalue weighted by Gasteiger charge is 2.22. The van der Waals surface area contributed by atoms with E-state index in [1.54, 1.807) is 0 Å². The Balaban J connectivity index is 2.06. The molecule has 0 aliphatic rings. The maximum atomic E-state index is 12.8. The summed E-state index contributed by atoms with van der Waals surface area (Å²) >= 11 is 5.84. The Morgan fingerprint density at radius 2 is 1.88 bits per heavy atom. The summed E-state index contributed by atoms with van der Waals surface area (Å²) in [6.07, 6.45) is -1.20. The molecule has 0 radical (unpaired) electrons. The van der Waals surface area contributed by atoms with Crippen LogP contribution in [0.4, 0.5) is 15.8 Å². The van der Waals surface area contributed by atoms with Gasteiger partial charge in [-0.3, -0.25) is 14.9 Å². The number of esters is 1. The van der Waals surface area contributed by atoms with Crippen molar-refractivity contribution in [3.8, 4) is 0 Å². The minimum Gasteiger partial charge on any atom is -0.449 e. The Labute approximate surface area is 146 Å². The monoisotopic (exact) mass is 366 g/mol. The van der Waals surface area contributed by atoms with Gasteiger partial charge in [0, 0.05) is 17.8 Å². The first-order chi connectivity index (χ1) is 11.8. The van der Waals surface area contributed by atoms with Crippen LogP contribution in [0.25, 0.3) is 0 Å². The van der Waals surface area contributed by atoms with E-state index in [0.717, 1.165) is 24.3 Å². The van der Waals surface area contributed by atoms with E-state index in [0.29, 0.717) is 5.69 Å². The standard InChI is InChI=1S/C16H12ClFN2O5/c1-9(15(21)19-11-4-2-10(18)3-5-11)25-16(22)13-8-12(20(23)24)6-7-14(13)17/h2-9H,1H3,(H,19,21)/t9-/m0/s1. The molecule has 0 heterocycles. The molecule has 2 aromatic carbocycles. The van der Waals surface area contributed by atoms with Gasteiger partial charge in [0.05, 0.1) is 15.5 Å². The number of nitro benzene ring substituents is 1. The van der Waals surface area contributed by atoms with Crippen molar-refractivity contribution < 1.29 is 23.6 Å². The second-order valence-electron chi connectivity index (χ2n) is 4.96. The van der Waals surface area contributed by atoms with E-state index in [-0.39, 0.29) is 16.3 Å². The number of ether oxygens (including phenoxy) is 1. The first-order valence-electron chi connectivity index (χ1n) is 6.99. The van der Waals surface area contributed by atoms with Crippen LogP contribution in [-0.4, -0.2) is 22.9 Å². The number of non-ortho nitro benzene ring substituents is 1. The van der Waals surface area contributed by atoms with Crippen molar-refractivity contribution in [3.05, 3.63) is 69.0 Å². The molecule has 0 saturated heterocycles. The number of nitrogens with zero attached hydrogens (tertiary/aromatic N) is 1. The highest BCUT2D eigenvalue weighted by molar-refractivity contribution is 6.33. The minimum absolute atomic E-state index is 0.0401. The number of benzene rings is 2. The first kappa shape index (κ1) is 18.3. The number of carbonyl (C=O) groups is 2. The molecule has 0 spiro atoms. The molecule has 2 aromatic rings. The number of anilines is 1. The highest BCUT2D eigenvalue weighted by Crippen LogP contribution is 2.23. The molecule has 1 amide bonds. The van der Waals surface area contributed by atoms with Gasteiger partial charge in [-0.2, -0.15) is 0 Å². The zero-order chi connectivity index (χ0) is 18.6. The molecule has 130 valence electrons. The molecule has 0 saturated carbocycles. The smallest absolute Gasteiger partial charge is 0.340 e. The van der Waals surface area contributed by atoms with Gasteiger partial charge in [0.1, 0.15) is 5.82 Å². The summed E-state index contributed by atoms with van der Waals surface area (Å²) in [5.74, 6) is -2.09. The first-order valence-corrected chi connectivity index (χ1v) is 7.37. The lowest BCUT2D eigenvalue weighted by Crippen LogP contribution is -2.30. The van der Waals surface area contributed by atoms with E-state index in [9.17, 15) is 24.1 Å². The average molecular weight is 367 g/mol. The van der Waals surface area contributed by atoms with Crippen molar-refractivity contribution in [2.75, 3.05) is 5.32 Å². The Kier molecular flexibility index (Phi) is 5.66. The van der Waals surface area contributed by atoms with Crippen molar-refractivity contribution in [3.63, 3.8) is 0 Å². The third kappa shape index (κ3) is 4.74. The molecule has 9 heteroatoms. The lowest BCUT2D eigenvalue weighted by atomic mass is 10.2. The fourth-order valence-corrected chi connectivity index (χ4v) is 2.03. The Morgan fingerprint density at radius 1 is 1.24 bits per heavy atom. The van der Waals surface area contributed by atoms with Crippen LogP contribution in [-0.2, 0) is 9.53 Å². The molecule has 1 atom stereocenters. The van der Waals surface area contributed by atoms with Crippen LogP contribution in [0.3, 0.4) is 0 Å². The predicted octanol–water partition coefficient (Wildman–Crippen LogP) is 3.57. The topological polar surface area (TPSA) is 98.5 Å². The quantitative estimate of drug-likeness (QED) is 0.495. The fraction of sp³-hybridized carbons (Fsp3) is 0.125. The van der Waals surface area contributed by atoms with Crippen molar-refractivity contribution >= 4 is 34.9 Å². The Bertz CT molecular complexity index is 826. The second-order valence-corrected chi connectivity index (χ2v) is 5.37. The highest BCUT2D eigenvalue weighted by atomic mass is 35.5. The number of carbonyl (C=O) groups excluding carboxylic acids is 2. The van der Waals surface area contributed by atoms with Gasteiger partial charge in [0.25, 0.3) is 11.6 Å². The molecule has 1 N–H and O–H groups in total. The van der Waals surface area contributed by atoms with Gasteiger partial charge in [-0.1, -0.05) is 11.6 Å². The molecular formula is C16H12ClFN2O5. The van der Waals surface area contributed by atoms with Crippen LogP contribution < -0.4 is 5.32 Å². The molecule has 0 aliphatic heterocycles. The number of rotatable bonds is 5. The number of amides is 1. The molecule has 0 aromatic heterocycles. The fourth-order valence-electron chi connectivity index (χ4n) is 1.84. The predicted molar refractivity (Wildman–Crippen MR) is 88.0 cm³/mol. The lowest BCUT2D eigenvalue weighted by molar-refractivity contribution is -0.384. The SMILES string of the molecule is C[C@H](OC(=O)c1cc([N+](=O)[O-])ccc1Cl)C(=O)Nc1ccc(F)cc1. The number of hydrogen-bond acceptors (Lipinski definition) is 5. The second kappa shape index (κ2) is 7.71. The van der Waals surface area contributed by atoms with Gasteiger partial charge >= 0.3 is 5.97 Å². The third-order valence-electron chi connectivity index (χ3n) is 3.15. The molecule has 0 bridgehead atoms. The molecule has 25 heavy (non-hydrogen) atoms. The summed E-state index contributed by atoms with van der Waals surface area (Å²) in [5.41, 5.74) is -0.236. The molecule has 0 fully saturated rings. The summed E-state index contributed by atoms with van der Waals surface area (Å²) in [5, 5.41) is 13.2. The van der Waals surface area contributed by atoms with Crippen molar-refractivity contribution in [1.82, 2.24) is 0 Å². The largest absolute Gasteiger partial charge is 0.449 e. The number of hydrogen-bond donors (Lipinski definition) is 1. The molecule has 0 aliphatic carbocycles. The van der Waals surface area contributed by atoms with Crippen LogP contribution in [0.1, 0.15) is 17.3 Å². The van der Waals surface area contributed by atoms with E-state index in [2.05, 4.69) is 5.32 Å². The molecule has 7 nitrogen and oxygen atoms in total. The third-order valence-corrected chi connectivity index (χ3v) is 3.48. The van der Waals surface area contributed by atoms with Crippen LogP contribution in [0.5, 0.6) is 0 Å². The van der Waals surface area contributed by atoms with E-state index in [4.69, 9.17) is 16.3 Å². The van der Waals surface area contributed by atoms with Gasteiger partial charge in [0.2, 0.25) is 0 Å². The van der Waals surface area contributed by atoms with Crippen LogP contribution >= 0.6 is 11.6 Å². The van der Waals surface area contributed by atoms with Crippen LogP contribution in [0.15, 0.2) is 42.5 Å². The zero-order valence-corrected chi connectivity index (χ0v) is 13.6. The minimum atomic E-state index is -1.20. The lowest BCUT2D eigenvalue weighted by Gasteiger charge is -2.14. The summed E-state index contributed by atoms with van der Waals surface area (Å²) in [7, 11) is 0. The Hall–Kier alpha value is -3.00. The number of nitro groups is 1. The van der Waals surface area contributed by atoms with Crippen molar-refractivity contribution in [1.29, 1.82) is 0 Å². The maximum absolute atomic E-state index is 12.8. The summed E-state index contributed by atoms with van der Waals surface area (Å²) in [6, 6.07) is 8.32. The van der Waals surface area contributed by atoms with E-state index in [1.807, 2.05) is 0 Å². The summed E-state index contributed by atoms with van der Waals surface area (Å²) in [6.45, 7) is 1.32. The van der Waals surface area contributed by atoms with Gasteiger partial charge in [-0.15, -0.1) is 0 Å². The molecule has 2 rings (SSSR count). The number of halogens is 2. The average Bonchev–Trinajstić information content (AvgIpc) is 2.56. The van der Waals surface area contributed by atoms with E-state index in [1.165, 1.54) is 25.1 Å². The van der Waals surface area contributed by atoms with Gasteiger partial charge in [-0.05, 0) is 37.3 Å². The van der Waals surface area contributed by atoms with E-state index >= 15 is 0 Å². The zero-order valence-electron chi connectivity index (χ0n) is 12.9. The van der Waals surface area contributed by atoms with E-state index < -0.39 is 28.7 Å². The molecule has 0 unspecified atom stereocenters. The van der Waals surface area contributed by atoms with Crippen molar-refractivity contribution in [2.45, 2.75) is 13.0 Å². The van der Waals surface area contributed by atoms with Crippen molar-refractivity contribution in [2.24, 2.45) is 0 Å². The maximum Gasteiger partial charge on any atom is 0.340 e. The van der Waals surface area contributed by atoms with Crippen LogP contribution in [0.2, 0.25) is 5.02 Å². The molecular weight excluding hydrogens is 355 g/mol. The van der Waals surface area contributed by atoms with Crippen LogP contribution in [0, 0.1) is 15.9 Å². The normalized spacial score (nSPS) is 11.5. The summed E-state index contributed by atoms with van der Waals surface area (Å²) < 4.78 is 17.8.